The molecular weight excluding hydrogens is 298 g/mol. The van der Waals surface area contributed by atoms with Crippen LogP contribution in [0.5, 0.6) is 5.75 Å². The molecule has 0 saturated heterocycles. The molecule has 0 radical (unpaired) electrons. The summed E-state index contributed by atoms with van der Waals surface area (Å²) in [6.45, 7) is 0. The number of phenolic OH excluding ortho intramolecular Hbond substituents is 1. The largest absolute Gasteiger partial charge is 0.506 e. The van der Waals surface area contributed by atoms with Gasteiger partial charge in [-0.3, -0.25) is 0 Å². The number of hydrogen-bond donors (Lipinski definition) is 2. The Morgan fingerprint density at radius 3 is 2.40 bits per heavy atom. The van der Waals surface area contributed by atoms with Crippen molar-refractivity contribution >= 4 is 27.5 Å². The first-order valence-electron chi connectivity index (χ1n) is 3.74. The van der Waals surface area contributed by atoms with Crippen LogP contribution in [0.4, 0.5) is 13.2 Å². The Bertz CT molecular complexity index is 383. The average Bonchev–Trinajstić information content (AvgIpc) is 2.10. The lowest BCUT2D eigenvalue weighted by atomic mass is 10.1. The quantitative estimate of drug-likeness (QED) is 0.835. The van der Waals surface area contributed by atoms with Gasteiger partial charge in [0.2, 0.25) is 0 Å². The van der Waals surface area contributed by atoms with Crippen LogP contribution in [0, 0.1) is 0 Å². The van der Waals surface area contributed by atoms with E-state index in [2.05, 4.69) is 15.9 Å². The van der Waals surface area contributed by atoms with Gasteiger partial charge in [-0.2, -0.15) is 13.2 Å². The summed E-state index contributed by atoms with van der Waals surface area (Å²) < 4.78 is 37.1. The van der Waals surface area contributed by atoms with Crippen molar-refractivity contribution in [3.05, 3.63) is 27.2 Å². The lowest BCUT2D eigenvalue weighted by Gasteiger charge is -2.18. The summed E-state index contributed by atoms with van der Waals surface area (Å²) in [5.74, 6) is -0.590. The van der Waals surface area contributed by atoms with Crippen LogP contribution in [0.15, 0.2) is 16.6 Å². The topological polar surface area (TPSA) is 46.2 Å². The van der Waals surface area contributed by atoms with Crippen LogP contribution in [0.1, 0.15) is 11.6 Å². The fourth-order valence-corrected chi connectivity index (χ4v) is 1.63. The van der Waals surface area contributed by atoms with Gasteiger partial charge in [0.15, 0.2) is 0 Å². The Morgan fingerprint density at radius 2 is 1.93 bits per heavy atom. The molecule has 0 fully saturated rings. The molecule has 0 spiro atoms. The Hall–Kier alpha value is -0.460. The molecule has 1 rings (SSSR count). The van der Waals surface area contributed by atoms with Crippen molar-refractivity contribution in [2.45, 2.75) is 12.2 Å². The van der Waals surface area contributed by atoms with Crippen molar-refractivity contribution in [1.82, 2.24) is 0 Å². The zero-order chi connectivity index (χ0) is 11.8. The number of alkyl halides is 3. The van der Waals surface area contributed by atoms with Gasteiger partial charge < -0.3 is 10.8 Å². The maximum absolute atomic E-state index is 12.3. The number of benzene rings is 1. The van der Waals surface area contributed by atoms with Crippen molar-refractivity contribution in [3.8, 4) is 5.75 Å². The molecule has 0 saturated carbocycles. The minimum Gasteiger partial charge on any atom is -0.506 e. The molecule has 0 amide bonds. The van der Waals surface area contributed by atoms with Crippen LogP contribution in [0.25, 0.3) is 0 Å². The summed E-state index contributed by atoms with van der Waals surface area (Å²) in [5.41, 5.74) is 4.42. The van der Waals surface area contributed by atoms with Crippen LogP contribution in [-0.2, 0) is 0 Å². The summed E-state index contributed by atoms with van der Waals surface area (Å²) in [7, 11) is 0. The molecule has 7 heteroatoms. The molecule has 1 atom stereocenters. The minimum absolute atomic E-state index is 0.113. The first-order chi connectivity index (χ1) is 6.75. The smallest absolute Gasteiger partial charge is 0.407 e. The lowest BCUT2D eigenvalue weighted by Crippen LogP contribution is -2.28. The molecule has 0 bridgehead atoms. The number of phenols is 1. The molecule has 0 aromatic heterocycles. The summed E-state index contributed by atoms with van der Waals surface area (Å²) in [4.78, 5) is 0. The molecule has 0 aliphatic heterocycles. The van der Waals surface area contributed by atoms with Gasteiger partial charge in [-0.25, -0.2) is 0 Å². The first-order valence-corrected chi connectivity index (χ1v) is 4.91. The Labute approximate surface area is 97.0 Å². The second kappa shape index (κ2) is 4.19. The van der Waals surface area contributed by atoms with Crippen molar-refractivity contribution in [1.29, 1.82) is 0 Å². The predicted octanol–water partition coefficient (Wildman–Crippen LogP) is 3.37. The fourth-order valence-electron chi connectivity index (χ4n) is 1.02. The summed E-state index contributed by atoms with van der Waals surface area (Å²) in [5, 5.41) is 9.18. The Kier molecular flexibility index (Phi) is 3.52. The van der Waals surface area contributed by atoms with Crippen molar-refractivity contribution in [2.75, 3.05) is 0 Å². The van der Waals surface area contributed by atoms with Gasteiger partial charge in [0.1, 0.15) is 11.8 Å². The summed E-state index contributed by atoms with van der Waals surface area (Å²) in [6, 6.07) is 0.263. The van der Waals surface area contributed by atoms with Gasteiger partial charge in [-0.15, -0.1) is 0 Å². The SMILES string of the molecule is N[C@@H](c1c(Cl)ccc(Br)c1O)C(F)(F)F. The van der Waals surface area contributed by atoms with E-state index in [1.807, 2.05) is 0 Å². The van der Waals surface area contributed by atoms with E-state index in [1.54, 1.807) is 0 Å². The molecular formula is C8H6BrClF3NO. The molecule has 84 valence electrons. The van der Waals surface area contributed by atoms with Crippen molar-refractivity contribution in [2.24, 2.45) is 5.73 Å². The maximum atomic E-state index is 12.3. The summed E-state index contributed by atoms with van der Waals surface area (Å²) in [6.07, 6.45) is -4.65. The molecule has 0 unspecified atom stereocenters. The molecule has 3 N–H and O–H groups in total. The van der Waals surface area contributed by atoms with Crippen molar-refractivity contribution in [3.63, 3.8) is 0 Å². The molecule has 0 aliphatic carbocycles. The highest BCUT2D eigenvalue weighted by molar-refractivity contribution is 9.10. The van der Waals surface area contributed by atoms with E-state index < -0.39 is 23.5 Å². The van der Waals surface area contributed by atoms with E-state index in [0.717, 1.165) is 0 Å². The van der Waals surface area contributed by atoms with Gasteiger partial charge in [0.05, 0.1) is 4.47 Å². The maximum Gasteiger partial charge on any atom is 0.407 e. The van der Waals surface area contributed by atoms with Gasteiger partial charge in [-0.1, -0.05) is 11.6 Å². The van der Waals surface area contributed by atoms with Crippen molar-refractivity contribution < 1.29 is 18.3 Å². The second-order valence-electron chi connectivity index (χ2n) is 2.81. The average molecular weight is 304 g/mol. The third kappa shape index (κ3) is 2.56. The standard InChI is InChI=1S/C8H6BrClF3NO/c9-3-1-2-4(10)5(6(3)15)7(14)8(11,12)13/h1-2,7,15H,14H2/t7-/m0/s1. The molecule has 1 aromatic rings. The second-order valence-corrected chi connectivity index (χ2v) is 4.07. The highest BCUT2D eigenvalue weighted by atomic mass is 79.9. The van der Waals surface area contributed by atoms with Crippen LogP contribution >= 0.6 is 27.5 Å². The first kappa shape index (κ1) is 12.6. The Balaban J connectivity index is 3.31. The van der Waals surface area contributed by atoms with E-state index in [-0.39, 0.29) is 9.50 Å². The van der Waals surface area contributed by atoms with Gasteiger partial charge >= 0.3 is 6.18 Å². The molecule has 0 aliphatic rings. The number of nitrogens with two attached hydrogens (primary N) is 1. The van der Waals surface area contributed by atoms with E-state index in [4.69, 9.17) is 17.3 Å². The highest BCUT2D eigenvalue weighted by Crippen LogP contribution is 2.42. The summed E-state index contributed by atoms with van der Waals surface area (Å²) >= 11 is 8.43. The zero-order valence-corrected chi connectivity index (χ0v) is 9.49. The van der Waals surface area contributed by atoms with E-state index >= 15 is 0 Å². The van der Waals surface area contributed by atoms with Crippen LogP contribution in [0.2, 0.25) is 5.02 Å². The predicted molar refractivity (Wildman–Crippen MR) is 53.8 cm³/mol. The van der Waals surface area contributed by atoms with Crippen LogP contribution in [0.3, 0.4) is 0 Å². The minimum atomic E-state index is -4.65. The number of rotatable bonds is 1. The fraction of sp³-hybridized carbons (Fsp3) is 0.250. The molecule has 2 nitrogen and oxygen atoms in total. The van der Waals surface area contributed by atoms with Gasteiger partial charge in [0.25, 0.3) is 0 Å². The van der Waals surface area contributed by atoms with E-state index in [1.165, 1.54) is 12.1 Å². The monoisotopic (exact) mass is 303 g/mol. The number of halogens is 5. The van der Waals surface area contributed by atoms with E-state index in [0.29, 0.717) is 0 Å². The third-order valence-corrected chi connectivity index (χ3v) is 2.75. The zero-order valence-electron chi connectivity index (χ0n) is 7.15. The number of hydrogen-bond acceptors (Lipinski definition) is 2. The third-order valence-electron chi connectivity index (χ3n) is 1.78. The molecule has 0 heterocycles. The highest BCUT2D eigenvalue weighted by Gasteiger charge is 2.40. The molecule has 15 heavy (non-hydrogen) atoms. The lowest BCUT2D eigenvalue weighted by molar-refractivity contribution is -0.149. The van der Waals surface area contributed by atoms with Gasteiger partial charge in [0, 0.05) is 10.6 Å². The number of aromatic hydroxyl groups is 1. The van der Waals surface area contributed by atoms with Crippen LogP contribution < -0.4 is 5.73 Å². The van der Waals surface area contributed by atoms with Gasteiger partial charge in [-0.05, 0) is 28.1 Å². The molecule has 1 aromatic carbocycles. The van der Waals surface area contributed by atoms with Crippen LogP contribution in [-0.4, -0.2) is 11.3 Å². The Morgan fingerprint density at radius 1 is 1.40 bits per heavy atom. The normalized spacial score (nSPS) is 14.0. The van der Waals surface area contributed by atoms with E-state index in [9.17, 15) is 18.3 Å².